The molecular weight excluding hydrogens is 268 g/mol. The normalized spacial score (nSPS) is 12.6. The number of hydrogen-bond acceptors (Lipinski definition) is 4. The van der Waals surface area contributed by atoms with Crippen molar-refractivity contribution in [2.75, 3.05) is 6.54 Å². The van der Waals surface area contributed by atoms with Gasteiger partial charge in [0, 0.05) is 12.6 Å². The minimum Gasteiger partial charge on any atom is -0.329 e. The quantitative estimate of drug-likeness (QED) is 0.613. The molecule has 0 radical (unpaired) electrons. The van der Waals surface area contributed by atoms with Gasteiger partial charge in [0.1, 0.15) is 0 Å². The van der Waals surface area contributed by atoms with Gasteiger partial charge < -0.3 is 11.5 Å². The molecule has 2 rings (SSSR count). The molecule has 0 aromatic heterocycles. The SMILES string of the molecule is NCC(N)c1cccc2ccccc12.O=S(=O)(O)O. The molecule has 0 saturated heterocycles. The molecule has 104 valence electrons. The average molecular weight is 284 g/mol. The van der Waals surface area contributed by atoms with Crippen molar-refractivity contribution in [3.05, 3.63) is 48.0 Å². The summed E-state index contributed by atoms with van der Waals surface area (Å²) in [5.74, 6) is 0. The van der Waals surface area contributed by atoms with E-state index in [9.17, 15) is 0 Å². The molecule has 1 unspecified atom stereocenters. The number of fused-ring (bicyclic) bond motifs is 1. The lowest BCUT2D eigenvalue weighted by Crippen LogP contribution is -2.20. The van der Waals surface area contributed by atoms with Crippen LogP contribution in [0.15, 0.2) is 42.5 Å². The third-order valence-electron chi connectivity index (χ3n) is 2.48. The summed E-state index contributed by atoms with van der Waals surface area (Å²) < 4.78 is 31.6. The maximum absolute atomic E-state index is 8.74. The van der Waals surface area contributed by atoms with Gasteiger partial charge in [-0.05, 0) is 16.3 Å². The lowest BCUT2D eigenvalue weighted by molar-refractivity contribution is 0.381. The molecule has 0 saturated carbocycles. The van der Waals surface area contributed by atoms with Crippen molar-refractivity contribution < 1.29 is 17.5 Å². The fraction of sp³-hybridized carbons (Fsp3) is 0.167. The Morgan fingerprint density at radius 2 is 1.58 bits per heavy atom. The van der Waals surface area contributed by atoms with Gasteiger partial charge >= 0.3 is 10.4 Å². The molecule has 2 aromatic rings. The van der Waals surface area contributed by atoms with Crippen LogP contribution in [0.5, 0.6) is 0 Å². The highest BCUT2D eigenvalue weighted by Crippen LogP contribution is 2.22. The fourth-order valence-corrected chi connectivity index (χ4v) is 1.70. The summed E-state index contributed by atoms with van der Waals surface area (Å²) in [4.78, 5) is 0. The van der Waals surface area contributed by atoms with Crippen molar-refractivity contribution in [3.63, 3.8) is 0 Å². The Kier molecular flexibility index (Phi) is 5.40. The smallest absolute Gasteiger partial charge is 0.329 e. The second-order valence-electron chi connectivity index (χ2n) is 3.86. The highest BCUT2D eigenvalue weighted by molar-refractivity contribution is 7.79. The Morgan fingerprint density at radius 1 is 1.05 bits per heavy atom. The van der Waals surface area contributed by atoms with Crippen molar-refractivity contribution in [2.45, 2.75) is 6.04 Å². The number of benzene rings is 2. The molecule has 6 nitrogen and oxygen atoms in total. The van der Waals surface area contributed by atoms with Crippen molar-refractivity contribution >= 4 is 21.2 Å². The van der Waals surface area contributed by atoms with Gasteiger partial charge in [0.05, 0.1) is 0 Å². The summed E-state index contributed by atoms with van der Waals surface area (Å²) in [5, 5.41) is 2.42. The molecule has 0 bridgehead atoms. The molecule has 6 N–H and O–H groups in total. The molecule has 19 heavy (non-hydrogen) atoms. The van der Waals surface area contributed by atoms with E-state index in [1.165, 1.54) is 10.8 Å². The van der Waals surface area contributed by atoms with Crippen molar-refractivity contribution in [1.82, 2.24) is 0 Å². The molecule has 7 heteroatoms. The Balaban J connectivity index is 0.000000312. The van der Waals surface area contributed by atoms with Crippen molar-refractivity contribution in [2.24, 2.45) is 11.5 Å². The first-order valence-corrected chi connectivity index (χ1v) is 6.86. The van der Waals surface area contributed by atoms with Crippen molar-refractivity contribution in [3.8, 4) is 0 Å². The molecule has 0 spiro atoms. The summed E-state index contributed by atoms with van der Waals surface area (Å²) in [6.07, 6.45) is 0. The fourth-order valence-electron chi connectivity index (χ4n) is 1.70. The standard InChI is InChI=1S/C12H14N2.H2O4S/c13-8-12(14)11-7-3-5-9-4-1-2-6-10(9)11;1-5(2,3)4/h1-7,12H,8,13-14H2;(H2,1,2,3,4). The van der Waals surface area contributed by atoms with Gasteiger partial charge in [-0.2, -0.15) is 8.42 Å². The van der Waals surface area contributed by atoms with Crippen LogP contribution < -0.4 is 11.5 Å². The molecule has 1 atom stereocenters. The van der Waals surface area contributed by atoms with Crippen LogP contribution in [0.4, 0.5) is 0 Å². The molecule has 2 aromatic carbocycles. The summed E-state index contributed by atoms with van der Waals surface area (Å²) in [6.45, 7) is 0.480. The first-order valence-electron chi connectivity index (χ1n) is 5.46. The van der Waals surface area contributed by atoms with E-state index < -0.39 is 10.4 Å². The second kappa shape index (κ2) is 6.60. The second-order valence-corrected chi connectivity index (χ2v) is 4.75. The lowest BCUT2D eigenvalue weighted by atomic mass is 9.99. The van der Waals surface area contributed by atoms with E-state index in [-0.39, 0.29) is 6.04 Å². The minimum atomic E-state index is -4.67. The van der Waals surface area contributed by atoms with Crippen LogP contribution >= 0.6 is 0 Å². The molecule has 0 heterocycles. The van der Waals surface area contributed by atoms with Gasteiger partial charge in [0.25, 0.3) is 0 Å². The lowest BCUT2D eigenvalue weighted by Gasteiger charge is -2.12. The van der Waals surface area contributed by atoms with Crippen molar-refractivity contribution in [1.29, 1.82) is 0 Å². The van der Waals surface area contributed by atoms with Crippen LogP contribution in [-0.4, -0.2) is 24.1 Å². The Morgan fingerprint density at radius 3 is 2.16 bits per heavy atom. The Labute approximate surface area is 111 Å². The zero-order chi connectivity index (χ0) is 14.5. The largest absolute Gasteiger partial charge is 0.394 e. The predicted molar refractivity (Wildman–Crippen MR) is 74.1 cm³/mol. The molecule has 0 aliphatic carbocycles. The summed E-state index contributed by atoms with van der Waals surface area (Å²) in [6, 6.07) is 14.3. The Bertz CT molecular complexity index is 630. The zero-order valence-corrected chi connectivity index (χ0v) is 10.9. The minimum absolute atomic E-state index is 0.0684. The van der Waals surface area contributed by atoms with Crippen LogP contribution in [0.25, 0.3) is 10.8 Å². The van der Waals surface area contributed by atoms with Gasteiger partial charge in [0.15, 0.2) is 0 Å². The van der Waals surface area contributed by atoms with Gasteiger partial charge in [0.2, 0.25) is 0 Å². The van der Waals surface area contributed by atoms with E-state index in [2.05, 4.69) is 18.2 Å². The van der Waals surface area contributed by atoms with Gasteiger partial charge in [-0.15, -0.1) is 0 Å². The highest BCUT2D eigenvalue weighted by Gasteiger charge is 2.06. The Hall–Kier alpha value is -1.51. The first kappa shape index (κ1) is 15.5. The van der Waals surface area contributed by atoms with E-state index >= 15 is 0 Å². The zero-order valence-electron chi connectivity index (χ0n) is 10.1. The van der Waals surface area contributed by atoms with Crippen LogP contribution in [0, 0.1) is 0 Å². The van der Waals surface area contributed by atoms with Crippen LogP contribution in [0.3, 0.4) is 0 Å². The average Bonchev–Trinajstić information content (AvgIpc) is 2.35. The molecule has 0 aliphatic heterocycles. The predicted octanol–water partition coefficient (Wildman–Crippen LogP) is 1.15. The summed E-state index contributed by atoms with van der Waals surface area (Å²) in [7, 11) is -4.67. The van der Waals surface area contributed by atoms with Gasteiger partial charge in [-0.1, -0.05) is 42.5 Å². The number of nitrogens with two attached hydrogens (primary N) is 2. The van der Waals surface area contributed by atoms with Crippen LogP contribution in [-0.2, 0) is 10.4 Å². The molecule has 0 amide bonds. The first-order chi connectivity index (χ1) is 8.83. The molecule has 0 aliphatic rings. The molecular formula is C12H16N2O4S. The summed E-state index contributed by atoms with van der Waals surface area (Å²) >= 11 is 0. The third-order valence-corrected chi connectivity index (χ3v) is 2.48. The molecule has 0 fully saturated rings. The monoisotopic (exact) mass is 284 g/mol. The van der Waals surface area contributed by atoms with Crippen LogP contribution in [0.2, 0.25) is 0 Å². The topological polar surface area (TPSA) is 127 Å². The van der Waals surface area contributed by atoms with E-state index in [0.717, 1.165) is 5.56 Å². The number of rotatable bonds is 2. The maximum Gasteiger partial charge on any atom is 0.394 e. The van der Waals surface area contributed by atoms with E-state index in [4.69, 9.17) is 29.0 Å². The van der Waals surface area contributed by atoms with E-state index in [1.54, 1.807) is 0 Å². The van der Waals surface area contributed by atoms with E-state index in [0.29, 0.717) is 6.54 Å². The summed E-state index contributed by atoms with van der Waals surface area (Å²) in [5.41, 5.74) is 12.6. The van der Waals surface area contributed by atoms with Gasteiger partial charge in [-0.3, -0.25) is 9.11 Å². The van der Waals surface area contributed by atoms with Crippen LogP contribution in [0.1, 0.15) is 11.6 Å². The number of hydrogen-bond donors (Lipinski definition) is 4. The van der Waals surface area contributed by atoms with E-state index in [1.807, 2.05) is 24.3 Å². The maximum atomic E-state index is 8.74. The third kappa shape index (κ3) is 5.33. The highest BCUT2D eigenvalue weighted by atomic mass is 32.3. The van der Waals surface area contributed by atoms with Gasteiger partial charge in [-0.25, -0.2) is 0 Å².